The van der Waals surface area contributed by atoms with Crippen LogP contribution in [0.15, 0.2) is 30.5 Å². The van der Waals surface area contributed by atoms with E-state index in [4.69, 9.17) is 0 Å². The van der Waals surface area contributed by atoms with Crippen LogP contribution in [0.3, 0.4) is 0 Å². The maximum Gasteiger partial charge on any atom is 0.341 e. The van der Waals surface area contributed by atoms with E-state index < -0.39 is 5.97 Å². The number of fused-ring (bicyclic) bond motifs is 1. The van der Waals surface area contributed by atoms with E-state index in [1.807, 2.05) is 4.68 Å². The molecule has 5 nitrogen and oxygen atoms in total. The molecule has 0 bridgehead atoms. The fourth-order valence-electron chi connectivity index (χ4n) is 3.24. The van der Waals surface area contributed by atoms with Gasteiger partial charge in [0.1, 0.15) is 11.4 Å². The first-order chi connectivity index (χ1) is 11.0. The van der Waals surface area contributed by atoms with Gasteiger partial charge >= 0.3 is 5.97 Å². The first kappa shape index (κ1) is 15.6. The van der Waals surface area contributed by atoms with Crippen molar-refractivity contribution < 1.29 is 9.90 Å². The van der Waals surface area contributed by atoms with Gasteiger partial charge in [0.05, 0.1) is 18.3 Å². The predicted octanol–water partition coefficient (Wildman–Crippen LogP) is 3.90. The van der Waals surface area contributed by atoms with Crippen molar-refractivity contribution in [1.29, 1.82) is 0 Å². The SMILES string of the molecule is CCc1ccc([C@@H]2C[C@H](C(C)C)n3ncc(C(=O)O)c3N2)cc1. The van der Waals surface area contributed by atoms with Crippen LogP contribution >= 0.6 is 0 Å². The molecule has 2 N–H and O–H groups in total. The van der Waals surface area contributed by atoms with E-state index in [-0.39, 0.29) is 17.6 Å². The molecule has 0 aliphatic carbocycles. The summed E-state index contributed by atoms with van der Waals surface area (Å²) in [5.41, 5.74) is 2.74. The van der Waals surface area contributed by atoms with Gasteiger partial charge in [-0.15, -0.1) is 0 Å². The minimum absolute atomic E-state index is 0.107. The Kier molecular flexibility index (Phi) is 4.11. The minimum Gasteiger partial charge on any atom is -0.477 e. The summed E-state index contributed by atoms with van der Waals surface area (Å²) in [4.78, 5) is 11.4. The van der Waals surface area contributed by atoms with Crippen molar-refractivity contribution >= 4 is 11.8 Å². The van der Waals surface area contributed by atoms with Crippen LogP contribution in [0.1, 0.15) is 60.8 Å². The van der Waals surface area contributed by atoms with Gasteiger partial charge in [-0.25, -0.2) is 9.48 Å². The van der Waals surface area contributed by atoms with Crippen molar-refractivity contribution in [3.8, 4) is 0 Å². The maximum absolute atomic E-state index is 11.4. The van der Waals surface area contributed by atoms with E-state index >= 15 is 0 Å². The molecule has 2 aromatic rings. The lowest BCUT2D eigenvalue weighted by Gasteiger charge is -2.35. The fraction of sp³-hybridized carbons (Fsp3) is 0.444. The second-order valence-corrected chi connectivity index (χ2v) is 6.50. The summed E-state index contributed by atoms with van der Waals surface area (Å²) in [5, 5.41) is 17.1. The number of hydrogen-bond acceptors (Lipinski definition) is 3. The largest absolute Gasteiger partial charge is 0.477 e. The number of aryl methyl sites for hydroxylation is 1. The van der Waals surface area contributed by atoms with E-state index in [1.165, 1.54) is 17.3 Å². The van der Waals surface area contributed by atoms with Gasteiger partial charge in [0.25, 0.3) is 0 Å². The summed E-state index contributed by atoms with van der Waals surface area (Å²) < 4.78 is 1.84. The molecule has 2 heterocycles. The number of rotatable bonds is 4. The van der Waals surface area contributed by atoms with Gasteiger partial charge < -0.3 is 10.4 Å². The summed E-state index contributed by atoms with van der Waals surface area (Å²) >= 11 is 0. The number of aromatic nitrogens is 2. The average molecular weight is 313 g/mol. The molecule has 0 spiro atoms. The number of carboxylic acid groups (broad SMARTS) is 1. The lowest BCUT2D eigenvalue weighted by atomic mass is 9.90. The zero-order valence-electron chi connectivity index (χ0n) is 13.8. The molecule has 1 aliphatic rings. The van der Waals surface area contributed by atoms with Crippen LogP contribution in [-0.4, -0.2) is 20.9 Å². The molecule has 2 atom stereocenters. The van der Waals surface area contributed by atoms with Gasteiger partial charge in [0.2, 0.25) is 0 Å². The first-order valence-electron chi connectivity index (χ1n) is 8.17. The molecule has 0 saturated heterocycles. The van der Waals surface area contributed by atoms with Crippen molar-refractivity contribution in [2.45, 2.75) is 45.7 Å². The molecule has 1 aromatic heterocycles. The third kappa shape index (κ3) is 2.83. The summed E-state index contributed by atoms with van der Waals surface area (Å²) in [6.07, 6.45) is 3.36. The van der Waals surface area contributed by atoms with Gasteiger partial charge in [-0.05, 0) is 29.9 Å². The molecule has 1 aromatic carbocycles. The highest BCUT2D eigenvalue weighted by atomic mass is 16.4. The van der Waals surface area contributed by atoms with E-state index in [0.29, 0.717) is 11.7 Å². The number of nitrogens with zero attached hydrogens (tertiary/aromatic N) is 2. The van der Waals surface area contributed by atoms with E-state index in [2.05, 4.69) is 55.5 Å². The monoisotopic (exact) mass is 313 g/mol. The molecule has 0 saturated carbocycles. The van der Waals surface area contributed by atoms with Crippen molar-refractivity contribution in [2.75, 3.05) is 5.32 Å². The zero-order valence-corrected chi connectivity index (χ0v) is 13.8. The minimum atomic E-state index is -0.941. The highest BCUT2D eigenvalue weighted by Crippen LogP contribution is 2.39. The highest BCUT2D eigenvalue weighted by molar-refractivity contribution is 5.93. The Morgan fingerprint density at radius 2 is 2.09 bits per heavy atom. The van der Waals surface area contributed by atoms with Crippen LogP contribution in [0.4, 0.5) is 5.82 Å². The van der Waals surface area contributed by atoms with E-state index in [1.54, 1.807) is 0 Å². The first-order valence-corrected chi connectivity index (χ1v) is 8.17. The smallest absolute Gasteiger partial charge is 0.341 e. The van der Waals surface area contributed by atoms with Crippen LogP contribution in [-0.2, 0) is 6.42 Å². The average Bonchev–Trinajstić information content (AvgIpc) is 2.98. The van der Waals surface area contributed by atoms with Gasteiger partial charge in [0.15, 0.2) is 0 Å². The van der Waals surface area contributed by atoms with Gasteiger partial charge in [0, 0.05) is 0 Å². The fourth-order valence-corrected chi connectivity index (χ4v) is 3.24. The molecule has 0 amide bonds. The van der Waals surface area contributed by atoms with Crippen molar-refractivity contribution in [2.24, 2.45) is 5.92 Å². The Morgan fingerprint density at radius 1 is 1.39 bits per heavy atom. The molecule has 3 rings (SSSR count). The number of nitrogens with one attached hydrogen (secondary N) is 1. The molecule has 0 radical (unpaired) electrons. The standard InChI is InChI=1S/C18H23N3O2/c1-4-12-5-7-13(8-6-12)15-9-16(11(2)3)21-17(20-15)14(10-19-21)18(22)23/h5-8,10-11,15-16,20H,4,9H2,1-3H3,(H,22,23)/t15-,16+/m0/s1. The second-order valence-electron chi connectivity index (χ2n) is 6.50. The number of aromatic carboxylic acids is 1. The number of carbonyl (C=O) groups is 1. The van der Waals surface area contributed by atoms with Crippen LogP contribution in [0.5, 0.6) is 0 Å². The summed E-state index contributed by atoms with van der Waals surface area (Å²) in [6, 6.07) is 8.86. The molecule has 122 valence electrons. The van der Waals surface area contributed by atoms with Crippen LogP contribution in [0, 0.1) is 5.92 Å². The van der Waals surface area contributed by atoms with Gasteiger partial charge in [-0.2, -0.15) is 5.10 Å². The van der Waals surface area contributed by atoms with Gasteiger partial charge in [-0.3, -0.25) is 0 Å². The quantitative estimate of drug-likeness (QED) is 0.898. The molecule has 1 aliphatic heterocycles. The maximum atomic E-state index is 11.4. The van der Waals surface area contributed by atoms with Crippen LogP contribution < -0.4 is 5.32 Å². The number of benzene rings is 1. The van der Waals surface area contributed by atoms with Crippen molar-refractivity contribution in [3.63, 3.8) is 0 Å². The molecular weight excluding hydrogens is 290 g/mol. The zero-order chi connectivity index (χ0) is 16.6. The predicted molar refractivity (Wildman–Crippen MR) is 89.9 cm³/mol. The topological polar surface area (TPSA) is 67.2 Å². The summed E-state index contributed by atoms with van der Waals surface area (Å²) in [5.74, 6) is 0.0602. The van der Waals surface area contributed by atoms with Crippen molar-refractivity contribution in [1.82, 2.24) is 9.78 Å². The Morgan fingerprint density at radius 3 is 2.65 bits per heavy atom. The van der Waals surface area contributed by atoms with E-state index in [0.717, 1.165) is 12.8 Å². The summed E-state index contributed by atoms with van der Waals surface area (Å²) in [7, 11) is 0. The molecule has 23 heavy (non-hydrogen) atoms. The lowest BCUT2D eigenvalue weighted by Crippen LogP contribution is -2.30. The molecular formula is C18H23N3O2. The number of hydrogen-bond donors (Lipinski definition) is 2. The molecule has 5 heteroatoms. The third-order valence-corrected chi connectivity index (χ3v) is 4.69. The normalized spacial score (nSPS) is 20.2. The second kappa shape index (κ2) is 6.07. The van der Waals surface area contributed by atoms with Gasteiger partial charge in [-0.1, -0.05) is 45.0 Å². The summed E-state index contributed by atoms with van der Waals surface area (Å²) in [6.45, 7) is 6.44. The Balaban J connectivity index is 1.98. The number of anilines is 1. The molecule has 0 unspecified atom stereocenters. The Labute approximate surface area is 136 Å². The molecule has 0 fully saturated rings. The Bertz CT molecular complexity index is 704. The number of carboxylic acids is 1. The third-order valence-electron chi connectivity index (χ3n) is 4.69. The van der Waals surface area contributed by atoms with Crippen LogP contribution in [0.25, 0.3) is 0 Å². The van der Waals surface area contributed by atoms with Crippen molar-refractivity contribution in [3.05, 3.63) is 47.2 Å². The Hall–Kier alpha value is -2.30. The highest BCUT2D eigenvalue weighted by Gasteiger charge is 2.33. The van der Waals surface area contributed by atoms with Crippen LogP contribution in [0.2, 0.25) is 0 Å². The van der Waals surface area contributed by atoms with E-state index in [9.17, 15) is 9.90 Å². The lowest BCUT2D eigenvalue weighted by molar-refractivity contribution is 0.0697.